The number of hydrogen-bond acceptors (Lipinski definition) is 8. The molecule has 1 amide bonds. The van der Waals surface area contributed by atoms with Crippen molar-refractivity contribution in [1.29, 1.82) is 0 Å². The zero-order chi connectivity index (χ0) is 20.4. The highest BCUT2D eigenvalue weighted by molar-refractivity contribution is 7.11. The topological polar surface area (TPSA) is 89.5 Å². The van der Waals surface area contributed by atoms with Gasteiger partial charge in [-0.3, -0.25) is 9.69 Å². The first-order chi connectivity index (χ1) is 13.9. The second kappa shape index (κ2) is 8.43. The third-order valence-corrected chi connectivity index (χ3v) is 6.40. The number of carbonyl (C=O) groups is 1. The van der Waals surface area contributed by atoms with Crippen LogP contribution in [0.2, 0.25) is 0 Å². The molecule has 29 heavy (non-hydrogen) atoms. The van der Waals surface area contributed by atoms with Crippen LogP contribution >= 0.6 is 11.3 Å². The van der Waals surface area contributed by atoms with Crippen molar-refractivity contribution in [2.24, 2.45) is 0 Å². The molecule has 1 N–H and O–H groups in total. The van der Waals surface area contributed by atoms with Crippen molar-refractivity contribution in [3.05, 3.63) is 39.4 Å². The van der Waals surface area contributed by atoms with E-state index in [-0.39, 0.29) is 5.91 Å². The van der Waals surface area contributed by atoms with E-state index >= 15 is 0 Å². The molecule has 0 bridgehead atoms. The third kappa shape index (κ3) is 4.80. The highest BCUT2D eigenvalue weighted by atomic mass is 32.1. The molecule has 0 aliphatic carbocycles. The molecule has 0 radical (unpaired) electrons. The van der Waals surface area contributed by atoms with E-state index in [0.29, 0.717) is 32.0 Å². The lowest BCUT2D eigenvalue weighted by Gasteiger charge is -2.39. The maximum absolute atomic E-state index is 12.6. The number of amides is 1. The van der Waals surface area contributed by atoms with Gasteiger partial charge in [0.2, 0.25) is 5.91 Å². The van der Waals surface area contributed by atoms with Gasteiger partial charge in [0.15, 0.2) is 0 Å². The first kappa shape index (κ1) is 20.3. The van der Waals surface area contributed by atoms with Crippen LogP contribution in [0.3, 0.4) is 0 Å². The molecule has 2 aliphatic rings. The Morgan fingerprint density at radius 2 is 2.14 bits per heavy atom. The van der Waals surface area contributed by atoms with Gasteiger partial charge in [-0.2, -0.15) is 0 Å². The summed E-state index contributed by atoms with van der Waals surface area (Å²) < 4.78 is 11.9. The predicted molar refractivity (Wildman–Crippen MR) is 109 cm³/mol. The Kier molecular flexibility index (Phi) is 5.91. The van der Waals surface area contributed by atoms with Crippen LogP contribution in [0.1, 0.15) is 33.4 Å². The van der Waals surface area contributed by atoms with Crippen molar-refractivity contribution in [2.45, 2.75) is 52.0 Å². The average molecular weight is 418 g/mol. The van der Waals surface area contributed by atoms with Crippen molar-refractivity contribution < 1.29 is 14.3 Å². The summed E-state index contributed by atoms with van der Waals surface area (Å²) in [5.74, 6) is 0.452. The quantitative estimate of drug-likeness (QED) is 0.789. The van der Waals surface area contributed by atoms with Crippen molar-refractivity contribution >= 4 is 17.2 Å². The van der Waals surface area contributed by atoms with E-state index in [1.807, 2.05) is 13.8 Å². The zero-order valence-electron chi connectivity index (χ0n) is 17.1. The first-order valence-electron chi connectivity index (χ1n) is 9.88. The average Bonchev–Trinajstić information content (AvgIpc) is 3.24. The summed E-state index contributed by atoms with van der Waals surface area (Å²) in [5, 5.41) is 3.98. The molecular weight excluding hydrogens is 390 g/mol. The molecule has 4 rings (SSSR count). The number of carbonyl (C=O) groups excluding carboxylic acids is 1. The standard InChI is InChI=1S/C20H27N5O3S/c1-13-7-21-18(22-8-13)9-23-19(26)16-6-20(12-27-16)11-25(4-5-28-20)10-17-14(2)24-15(3)29-17/h7-8,16H,4-6,9-12H2,1-3H3,(H,23,26)/t16-,20-/m0/s1. The van der Waals surface area contributed by atoms with Crippen molar-refractivity contribution in [2.75, 3.05) is 26.3 Å². The van der Waals surface area contributed by atoms with Crippen LogP contribution in [0.4, 0.5) is 0 Å². The molecule has 0 aromatic carbocycles. The normalized spacial score (nSPS) is 24.9. The SMILES string of the molecule is Cc1cnc(CNC(=O)[C@@H]2C[C@@]3(CO2)CN(Cc2sc(C)nc2C)CCO3)nc1. The summed E-state index contributed by atoms with van der Waals surface area (Å²) in [6.07, 6.45) is 3.54. The largest absolute Gasteiger partial charge is 0.370 e. The van der Waals surface area contributed by atoms with Crippen LogP contribution in [-0.4, -0.2) is 63.8 Å². The summed E-state index contributed by atoms with van der Waals surface area (Å²) in [7, 11) is 0. The van der Waals surface area contributed by atoms with E-state index in [1.54, 1.807) is 23.7 Å². The number of nitrogens with zero attached hydrogens (tertiary/aromatic N) is 4. The van der Waals surface area contributed by atoms with Gasteiger partial charge in [0.25, 0.3) is 0 Å². The molecule has 4 heterocycles. The number of nitrogens with one attached hydrogen (secondary N) is 1. The van der Waals surface area contributed by atoms with Crippen LogP contribution in [-0.2, 0) is 27.4 Å². The molecule has 156 valence electrons. The fraction of sp³-hybridized carbons (Fsp3) is 0.600. The number of aromatic nitrogens is 3. The maximum atomic E-state index is 12.6. The third-order valence-electron chi connectivity index (χ3n) is 5.35. The van der Waals surface area contributed by atoms with Gasteiger partial charge in [-0.05, 0) is 26.3 Å². The van der Waals surface area contributed by atoms with Gasteiger partial charge < -0.3 is 14.8 Å². The molecule has 2 aromatic heterocycles. The molecule has 2 aliphatic heterocycles. The Balaban J connectivity index is 1.32. The second-order valence-corrected chi connectivity index (χ2v) is 9.17. The predicted octanol–water partition coefficient (Wildman–Crippen LogP) is 1.53. The van der Waals surface area contributed by atoms with Gasteiger partial charge in [0.05, 0.1) is 30.5 Å². The summed E-state index contributed by atoms with van der Waals surface area (Å²) >= 11 is 1.75. The van der Waals surface area contributed by atoms with Gasteiger partial charge in [-0.15, -0.1) is 11.3 Å². The Morgan fingerprint density at radius 3 is 2.86 bits per heavy atom. The second-order valence-electron chi connectivity index (χ2n) is 7.88. The minimum absolute atomic E-state index is 0.138. The van der Waals surface area contributed by atoms with E-state index < -0.39 is 11.7 Å². The maximum Gasteiger partial charge on any atom is 0.249 e. The zero-order valence-corrected chi connectivity index (χ0v) is 17.9. The lowest BCUT2D eigenvalue weighted by molar-refractivity contribution is -0.130. The molecule has 0 saturated carbocycles. The Morgan fingerprint density at radius 1 is 1.34 bits per heavy atom. The lowest BCUT2D eigenvalue weighted by atomic mass is 9.97. The fourth-order valence-electron chi connectivity index (χ4n) is 3.86. The van der Waals surface area contributed by atoms with Crippen LogP contribution in [0, 0.1) is 20.8 Å². The van der Waals surface area contributed by atoms with Gasteiger partial charge >= 0.3 is 0 Å². The summed E-state index contributed by atoms with van der Waals surface area (Å²) in [6, 6.07) is 0. The van der Waals surface area contributed by atoms with E-state index in [4.69, 9.17) is 9.47 Å². The van der Waals surface area contributed by atoms with Gasteiger partial charge in [0, 0.05) is 43.3 Å². The van der Waals surface area contributed by atoms with Gasteiger partial charge in [-0.1, -0.05) is 0 Å². The van der Waals surface area contributed by atoms with Crippen LogP contribution in [0.5, 0.6) is 0 Å². The smallest absolute Gasteiger partial charge is 0.249 e. The number of thiazole rings is 1. The van der Waals surface area contributed by atoms with Gasteiger partial charge in [-0.25, -0.2) is 15.0 Å². The van der Waals surface area contributed by atoms with Crippen molar-refractivity contribution in [3.63, 3.8) is 0 Å². The van der Waals surface area contributed by atoms with Crippen LogP contribution in [0.15, 0.2) is 12.4 Å². The van der Waals surface area contributed by atoms with E-state index in [2.05, 4.69) is 32.1 Å². The molecule has 2 saturated heterocycles. The highest BCUT2D eigenvalue weighted by Gasteiger charge is 2.46. The van der Waals surface area contributed by atoms with E-state index in [9.17, 15) is 4.79 Å². The monoisotopic (exact) mass is 417 g/mol. The lowest BCUT2D eigenvalue weighted by Crippen LogP contribution is -2.52. The molecule has 2 atom stereocenters. The Labute approximate surface area is 174 Å². The summed E-state index contributed by atoms with van der Waals surface area (Å²) in [5.41, 5.74) is 1.67. The van der Waals surface area contributed by atoms with E-state index in [0.717, 1.165) is 35.9 Å². The molecular formula is C20H27N5O3S. The Bertz CT molecular complexity index is 872. The highest BCUT2D eigenvalue weighted by Crippen LogP contribution is 2.32. The fourth-order valence-corrected chi connectivity index (χ4v) is 4.84. The minimum atomic E-state index is -0.507. The molecule has 8 nitrogen and oxygen atoms in total. The minimum Gasteiger partial charge on any atom is -0.370 e. The first-order valence-corrected chi connectivity index (χ1v) is 10.7. The molecule has 9 heteroatoms. The number of morpholine rings is 1. The number of aryl methyl sites for hydroxylation is 3. The molecule has 1 spiro atoms. The number of rotatable bonds is 5. The summed E-state index contributed by atoms with van der Waals surface area (Å²) in [6.45, 7) is 9.90. The number of hydrogen-bond donors (Lipinski definition) is 1. The molecule has 0 unspecified atom stereocenters. The summed E-state index contributed by atoms with van der Waals surface area (Å²) in [4.78, 5) is 29.2. The molecule has 2 fully saturated rings. The van der Waals surface area contributed by atoms with Crippen LogP contribution in [0.25, 0.3) is 0 Å². The van der Waals surface area contributed by atoms with Crippen LogP contribution < -0.4 is 5.32 Å². The van der Waals surface area contributed by atoms with Crippen molar-refractivity contribution in [1.82, 2.24) is 25.2 Å². The molecule has 2 aromatic rings. The van der Waals surface area contributed by atoms with Gasteiger partial charge in [0.1, 0.15) is 17.5 Å². The number of ether oxygens (including phenoxy) is 2. The van der Waals surface area contributed by atoms with Crippen molar-refractivity contribution in [3.8, 4) is 0 Å². The van der Waals surface area contributed by atoms with E-state index in [1.165, 1.54) is 4.88 Å². The Hall–Kier alpha value is -1.94.